The van der Waals surface area contributed by atoms with Gasteiger partial charge in [-0.15, -0.1) is 0 Å². The van der Waals surface area contributed by atoms with Crippen LogP contribution in [0.4, 0.5) is 0 Å². The van der Waals surface area contributed by atoms with E-state index in [1.165, 1.54) is 29.5 Å². The van der Waals surface area contributed by atoms with E-state index >= 15 is 0 Å². The third-order valence-corrected chi connectivity index (χ3v) is 5.81. The Labute approximate surface area is 166 Å². The van der Waals surface area contributed by atoms with Crippen molar-refractivity contribution in [2.75, 3.05) is 6.54 Å². The van der Waals surface area contributed by atoms with Gasteiger partial charge < -0.3 is 15.2 Å². The number of hydrogen-bond donors (Lipinski definition) is 2. The van der Waals surface area contributed by atoms with E-state index in [0.29, 0.717) is 12.6 Å². The molecule has 0 saturated carbocycles. The fourth-order valence-electron chi connectivity index (χ4n) is 4.11. The summed E-state index contributed by atoms with van der Waals surface area (Å²) in [6.45, 7) is 5.59. The molecule has 2 unspecified atom stereocenters. The highest BCUT2D eigenvalue weighted by atomic mass is 16.2. The number of fused-ring (bicyclic) bond motifs is 1. The number of aryl methyl sites for hydroxylation is 1. The minimum absolute atomic E-state index is 0.0677. The van der Waals surface area contributed by atoms with E-state index in [0.717, 1.165) is 23.9 Å². The van der Waals surface area contributed by atoms with Gasteiger partial charge in [-0.25, -0.2) is 0 Å². The number of piperidine rings is 1. The molecule has 2 aromatic carbocycles. The van der Waals surface area contributed by atoms with E-state index in [4.69, 9.17) is 0 Å². The first-order valence-electron chi connectivity index (χ1n) is 10.3. The molecule has 2 N–H and O–H groups in total. The van der Waals surface area contributed by atoms with Crippen LogP contribution in [0.5, 0.6) is 0 Å². The van der Waals surface area contributed by atoms with E-state index in [9.17, 15) is 4.79 Å². The van der Waals surface area contributed by atoms with Crippen LogP contribution in [0.1, 0.15) is 31.7 Å². The predicted molar refractivity (Wildman–Crippen MR) is 115 cm³/mol. The van der Waals surface area contributed by atoms with Gasteiger partial charge in [0.1, 0.15) is 6.54 Å². The molecule has 0 radical (unpaired) electrons. The second-order valence-corrected chi connectivity index (χ2v) is 8.00. The molecular formula is C24H29N3O. The zero-order valence-electron chi connectivity index (χ0n) is 16.7. The van der Waals surface area contributed by atoms with Crippen LogP contribution in [-0.2, 0) is 11.3 Å². The van der Waals surface area contributed by atoms with Crippen LogP contribution < -0.4 is 10.6 Å². The monoisotopic (exact) mass is 375 g/mol. The number of aromatic nitrogens is 1. The van der Waals surface area contributed by atoms with Gasteiger partial charge in [-0.2, -0.15) is 0 Å². The van der Waals surface area contributed by atoms with Crippen molar-refractivity contribution in [2.45, 2.75) is 51.7 Å². The third-order valence-electron chi connectivity index (χ3n) is 5.81. The Kier molecular flexibility index (Phi) is 5.49. The lowest BCUT2D eigenvalue weighted by Gasteiger charge is -2.29. The summed E-state index contributed by atoms with van der Waals surface area (Å²) in [5, 5.41) is 7.86. The summed E-state index contributed by atoms with van der Waals surface area (Å²) in [4.78, 5) is 12.6. The van der Waals surface area contributed by atoms with Gasteiger partial charge in [0, 0.05) is 23.8 Å². The molecule has 1 fully saturated rings. The molecule has 4 nitrogen and oxygen atoms in total. The van der Waals surface area contributed by atoms with Gasteiger partial charge in [0.2, 0.25) is 5.91 Å². The first kappa shape index (κ1) is 18.8. The number of carbonyl (C=O) groups is 1. The normalized spacial score (nSPS) is 18.1. The topological polar surface area (TPSA) is 46.1 Å². The summed E-state index contributed by atoms with van der Waals surface area (Å²) in [5.41, 5.74) is 4.72. The molecule has 1 amide bonds. The number of carbonyl (C=O) groups excluding carboxylic acids is 1. The van der Waals surface area contributed by atoms with Gasteiger partial charge in [0.25, 0.3) is 0 Å². The summed E-state index contributed by atoms with van der Waals surface area (Å²) in [6.07, 6.45) is 5.61. The molecule has 28 heavy (non-hydrogen) atoms. The van der Waals surface area contributed by atoms with Crippen LogP contribution in [0.3, 0.4) is 0 Å². The number of amides is 1. The van der Waals surface area contributed by atoms with Crippen molar-refractivity contribution in [1.82, 2.24) is 15.2 Å². The molecule has 0 spiro atoms. The summed E-state index contributed by atoms with van der Waals surface area (Å²) in [6, 6.07) is 17.6. The Morgan fingerprint density at radius 3 is 2.68 bits per heavy atom. The molecule has 0 bridgehead atoms. The van der Waals surface area contributed by atoms with Crippen molar-refractivity contribution in [3.8, 4) is 11.1 Å². The highest BCUT2D eigenvalue weighted by Gasteiger charge is 2.21. The Hall–Kier alpha value is -2.59. The molecule has 146 valence electrons. The average molecular weight is 376 g/mol. The van der Waals surface area contributed by atoms with Crippen molar-refractivity contribution in [3.63, 3.8) is 0 Å². The van der Waals surface area contributed by atoms with Gasteiger partial charge >= 0.3 is 0 Å². The average Bonchev–Trinajstić information content (AvgIpc) is 3.11. The standard InChI is InChI=1S/C24H29N3O/c1-17-6-8-19(9-7-17)21-11-10-20-12-14-27(23(20)15-21)16-24(28)26-18(2)22-5-3-4-13-25-22/h6-12,14-15,18,22,25H,3-5,13,16H2,1-2H3,(H,26,28). The molecule has 4 rings (SSSR count). The lowest BCUT2D eigenvalue weighted by atomic mass is 9.99. The highest BCUT2D eigenvalue weighted by molar-refractivity contribution is 5.87. The zero-order chi connectivity index (χ0) is 19.5. The molecule has 2 heterocycles. The predicted octanol–water partition coefficient (Wildman–Crippen LogP) is 4.26. The van der Waals surface area contributed by atoms with Gasteiger partial charge in [-0.05, 0) is 61.9 Å². The number of nitrogens with zero attached hydrogens (tertiary/aromatic N) is 1. The number of hydrogen-bond acceptors (Lipinski definition) is 2. The van der Waals surface area contributed by atoms with E-state index in [1.807, 2.05) is 10.8 Å². The number of benzene rings is 2. The fourth-order valence-corrected chi connectivity index (χ4v) is 4.11. The second-order valence-electron chi connectivity index (χ2n) is 8.00. The minimum atomic E-state index is 0.0677. The van der Waals surface area contributed by atoms with E-state index in [2.05, 4.69) is 73.0 Å². The van der Waals surface area contributed by atoms with E-state index < -0.39 is 0 Å². The van der Waals surface area contributed by atoms with Crippen LogP contribution in [0.2, 0.25) is 0 Å². The maximum absolute atomic E-state index is 12.6. The van der Waals surface area contributed by atoms with Crippen LogP contribution in [0.15, 0.2) is 54.7 Å². The maximum atomic E-state index is 12.6. The summed E-state index contributed by atoms with van der Waals surface area (Å²) >= 11 is 0. The first-order valence-corrected chi connectivity index (χ1v) is 10.3. The Morgan fingerprint density at radius 2 is 1.93 bits per heavy atom. The molecule has 1 aromatic heterocycles. The lowest BCUT2D eigenvalue weighted by Crippen LogP contribution is -2.50. The fraction of sp³-hybridized carbons (Fsp3) is 0.375. The molecule has 0 aliphatic carbocycles. The Balaban J connectivity index is 1.49. The minimum Gasteiger partial charge on any atom is -0.351 e. The van der Waals surface area contributed by atoms with Crippen LogP contribution >= 0.6 is 0 Å². The maximum Gasteiger partial charge on any atom is 0.240 e. The molecule has 3 aromatic rings. The van der Waals surface area contributed by atoms with E-state index in [-0.39, 0.29) is 11.9 Å². The van der Waals surface area contributed by atoms with Crippen molar-refractivity contribution >= 4 is 16.8 Å². The highest BCUT2D eigenvalue weighted by Crippen LogP contribution is 2.25. The number of nitrogens with one attached hydrogen (secondary N) is 2. The molecule has 2 atom stereocenters. The van der Waals surface area contributed by atoms with Crippen LogP contribution in [-0.4, -0.2) is 29.1 Å². The SMILES string of the molecule is Cc1ccc(-c2ccc3ccn(CC(=O)NC(C)C4CCCCN4)c3c2)cc1. The summed E-state index contributed by atoms with van der Waals surface area (Å²) in [7, 11) is 0. The van der Waals surface area contributed by atoms with E-state index in [1.54, 1.807) is 0 Å². The van der Waals surface area contributed by atoms with Crippen LogP contribution in [0.25, 0.3) is 22.0 Å². The largest absolute Gasteiger partial charge is 0.351 e. The summed E-state index contributed by atoms with van der Waals surface area (Å²) in [5.74, 6) is 0.0677. The van der Waals surface area contributed by atoms with Gasteiger partial charge in [-0.3, -0.25) is 4.79 Å². The Bertz CT molecular complexity index is 952. The molecule has 1 saturated heterocycles. The quantitative estimate of drug-likeness (QED) is 0.700. The molecule has 4 heteroatoms. The smallest absolute Gasteiger partial charge is 0.240 e. The van der Waals surface area contributed by atoms with Gasteiger partial charge in [-0.1, -0.05) is 48.4 Å². The Morgan fingerprint density at radius 1 is 1.14 bits per heavy atom. The van der Waals surface area contributed by atoms with Crippen molar-refractivity contribution in [3.05, 3.63) is 60.3 Å². The lowest BCUT2D eigenvalue weighted by molar-refractivity contribution is -0.122. The molecular weight excluding hydrogens is 346 g/mol. The van der Waals surface area contributed by atoms with Crippen molar-refractivity contribution in [1.29, 1.82) is 0 Å². The van der Waals surface area contributed by atoms with Crippen LogP contribution in [0, 0.1) is 6.92 Å². The third kappa shape index (κ3) is 4.12. The summed E-state index contributed by atoms with van der Waals surface area (Å²) < 4.78 is 2.05. The van der Waals surface area contributed by atoms with Gasteiger partial charge in [0.05, 0.1) is 0 Å². The zero-order valence-corrected chi connectivity index (χ0v) is 16.7. The first-order chi connectivity index (χ1) is 13.6. The van der Waals surface area contributed by atoms with Gasteiger partial charge in [0.15, 0.2) is 0 Å². The number of rotatable bonds is 5. The molecule has 1 aliphatic rings. The van der Waals surface area contributed by atoms with Crippen molar-refractivity contribution < 1.29 is 4.79 Å². The van der Waals surface area contributed by atoms with Crippen molar-refractivity contribution in [2.24, 2.45) is 0 Å². The molecule has 1 aliphatic heterocycles. The second kappa shape index (κ2) is 8.19.